The third kappa shape index (κ3) is 13.6. The molecule has 0 aromatic heterocycles. The fourth-order valence-corrected chi connectivity index (χ4v) is 7.82. The van der Waals surface area contributed by atoms with Crippen molar-refractivity contribution in [3.05, 3.63) is 24.3 Å². The summed E-state index contributed by atoms with van der Waals surface area (Å²) in [5.41, 5.74) is -1.49. The van der Waals surface area contributed by atoms with E-state index in [2.05, 4.69) is 0 Å². The number of aldehydes is 1. The van der Waals surface area contributed by atoms with Crippen molar-refractivity contribution in [2.24, 2.45) is 11.8 Å². The van der Waals surface area contributed by atoms with Crippen molar-refractivity contribution in [2.45, 2.75) is 179 Å². The van der Waals surface area contributed by atoms with E-state index in [1.807, 2.05) is 13.0 Å². The molecule has 0 unspecified atom stereocenters. The van der Waals surface area contributed by atoms with Gasteiger partial charge in [-0.25, -0.2) is 0 Å². The Labute approximate surface area is 337 Å². The predicted molar refractivity (Wildman–Crippen MR) is 205 cm³/mol. The maximum Gasteiger partial charge on any atom is 0.309 e. The second kappa shape index (κ2) is 22.5. The zero-order valence-corrected chi connectivity index (χ0v) is 35.2. The SMILES string of the molecule is CCC(=O)O[C@H]1CC(=O)O[C@@H](C)C/C=C/C=C/[C@@H](O)[C@@H](C)C[C@@H](CC=O)[C@@H](O[C@H]2O[C@H](C)[C@H](O[C@H]3C[C@](C)(O)[C@H](OC(=O)CC)[C@H](C)O3)[C@@H](N(C)C)[C@H]2O)[C@@H]1OC. The number of cyclic esters (lactones) is 1. The first-order chi connectivity index (χ1) is 26.9. The number of allylic oxidation sites excluding steroid dienone is 2. The third-order valence-corrected chi connectivity index (χ3v) is 10.9. The van der Waals surface area contributed by atoms with E-state index < -0.39 is 121 Å². The number of aliphatic hydroxyl groups excluding tert-OH is 2. The fourth-order valence-electron chi connectivity index (χ4n) is 7.82. The summed E-state index contributed by atoms with van der Waals surface area (Å²) in [5.74, 6) is -2.82. The molecule has 57 heavy (non-hydrogen) atoms. The van der Waals surface area contributed by atoms with Crippen LogP contribution in [-0.2, 0) is 57.1 Å². The molecule has 3 aliphatic rings. The molecule has 16 nitrogen and oxygen atoms in total. The quantitative estimate of drug-likeness (QED) is 0.147. The first kappa shape index (κ1) is 48.6. The summed E-state index contributed by atoms with van der Waals surface area (Å²) in [6.45, 7) is 11.8. The minimum absolute atomic E-state index is 0.000633. The van der Waals surface area contributed by atoms with Gasteiger partial charge >= 0.3 is 17.9 Å². The van der Waals surface area contributed by atoms with Crippen LogP contribution >= 0.6 is 0 Å². The van der Waals surface area contributed by atoms with Crippen LogP contribution in [0.1, 0.15) is 93.4 Å². The standard InChI is InChI=1S/C41H67NO15/c1-11-30(45)54-29-21-32(47)51-24(4)16-14-13-15-17-28(44)23(3)20-27(18-19-43)37(38(29)50-10)57-40-35(48)34(42(8)9)36(25(5)53-40)56-33-22-41(7,49)39(26(6)52-33)55-31(46)12-2/h13-15,17,19,23-29,33-40,44,48-49H,11-12,16,18,20-22H2,1-10H3/b14-13+,17-15+/t23-,24-,25+,26-,27+,28+,29-,33-,34-,35+,36-,37+,38+,39+,40+,41-/m0/s1. The average molecular weight is 814 g/mol. The van der Waals surface area contributed by atoms with Gasteiger partial charge in [0.1, 0.15) is 42.4 Å². The molecule has 0 bridgehead atoms. The summed E-state index contributed by atoms with van der Waals surface area (Å²) in [4.78, 5) is 52.3. The van der Waals surface area contributed by atoms with Crippen molar-refractivity contribution in [1.82, 2.24) is 4.90 Å². The van der Waals surface area contributed by atoms with Crippen LogP contribution in [-0.4, -0.2) is 151 Å². The Balaban J connectivity index is 2.01. The van der Waals surface area contributed by atoms with Gasteiger partial charge in [0.15, 0.2) is 18.7 Å². The number of methoxy groups -OCH3 is 1. The lowest BCUT2D eigenvalue weighted by Gasteiger charge is -2.50. The van der Waals surface area contributed by atoms with Crippen LogP contribution in [0.25, 0.3) is 0 Å². The van der Waals surface area contributed by atoms with Gasteiger partial charge in [-0.3, -0.25) is 14.4 Å². The maximum absolute atomic E-state index is 13.3. The molecule has 0 amide bonds. The number of aliphatic hydroxyl groups is 3. The molecule has 0 aromatic carbocycles. The van der Waals surface area contributed by atoms with Crippen LogP contribution < -0.4 is 0 Å². The smallest absolute Gasteiger partial charge is 0.309 e. The lowest BCUT2D eigenvalue weighted by atomic mass is 9.82. The topological polar surface area (TPSA) is 206 Å². The third-order valence-electron chi connectivity index (χ3n) is 10.9. The number of carbonyl (C=O) groups excluding carboxylic acids is 4. The Bertz CT molecular complexity index is 1350. The normalized spacial score (nSPS) is 41.1. The highest BCUT2D eigenvalue weighted by Crippen LogP contribution is 2.37. The molecule has 3 rings (SSSR count). The molecule has 0 aliphatic carbocycles. The minimum atomic E-state index is -1.49. The Morgan fingerprint density at radius 2 is 1.63 bits per heavy atom. The van der Waals surface area contributed by atoms with E-state index >= 15 is 0 Å². The van der Waals surface area contributed by atoms with Gasteiger partial charge in [-0.2, -0.15) is 0 Å². The van der Waals surface area contributed by atoms with Gasteiger partial charge in [-0.05, 0) is 60.0 Å². The summed E-state index contributed by atoms with van der Waals surface area (Å²) in [5, 5.41) is 34.5. The minimum Gasteiger partial charge on any atom is -0.462 e. The predicted octanol–water partition coefficient (Wildman–Crippen LogP) is 2.77. The van der Waals surface area contributed by atoms with Gasteiger partial charge in [0.25, 0.3) is 0 Å². The van der Waals surface area contributed by atoms with Crippen LogP contribution in [0.4, 0.5) is 0 Å². The second-order valence-corrected chi connectivity index (χ2v) is 16.0. The van der Waals surface area contributed by atoms with Crippen molar-refractivity contribution in [2.75, 3.05) is 21.2 Å². The van der Waals surface area contributed by atoms with E-state index in [1.54, 1.807) is 78.8 Å². The van der Waals surface area contributed by atoms with Crippen LogP contribution in [0.15, 0.2) is 24.3 Å². The van der Waals surface area contributed by atoms with Gasteiger partial charge in [0.05, 0.1) is 36.9 Å². The Hall–Kier alpha value is -2.80. The van der Waals surface area contributed by atoms with Crippen LogP contribution in [0.5, 0.6) is 0 Å². The number of carbonyl (C=O) groups is 4. The molecule has 326 valence electrons. The zero-order valence-electron chi connectivity index (χ0n) is 35.2. The molecule has 3 N–H and O–H groups in total. The number of nitrogens with zero attached hydrogens (tertiary/aromatic N) is 1. The molecule has 0 radical (unpaired) electrons. The van der Waals surface area contributed by atoms with E-state index in [1.165, 1.54) is 7.11 Å². The van der Waals surface area contributed by atoms with Crippen molar-refractivity contribution in [3.8, 4) is 0 Å². The van der Waals surface area contributed by atoms with Crippen molar-refractivity contribution in [3.63, 3.8) is 0 Å². The summed E-state index contributed by atoms with van der Waals surface area (Å²) in [6.07, 6.45) is -4.08. The molecule has 0 spiro atoms. The first-order valence-corrected chi connectivity index (χ1v) is 20.1. The van der Waals surface area contributed by atoms with E-state index in [9.17, 15) is 34.5 Å². The number of hydrogen-bond acceptors (Lipinski definition) is 16. The molecular weight excluding hydrogens is 746 g/mol. The molecule has 0 aromatic rings. The van der Waals surface area contributed by atoms with Gasteiger partial charge in [-0.15, -0.1) is 0 Å². The number of rotatable bonds is 12. The zero-order chi connectivity index (χ0) is 42.6. The van der Waals surface area contributed by atoms with Gasteiger partial charge < -0.3 is 62.9 Å². The lowest BCUT2D eigenvalue weighted by molar-refractivity contribution is -0.344. The van der Waals surface area contributed by atoms with Crippen molar-refractivity contribution in [1.29, 1.82) is 0 Å². The molecule has 3 heterocycles. The highest BCUT2D eigenvalue weighted by molar-refractivity contribution is 5.72. The Morgan fingerprint density at radius 3 is 2.23 bits per heavy atom. The highest BCUT2D eigenvalue weighted by atomic mass is 16.7. The number of likely N-dealkylation sites (N-methyl/N-ethyl adjacent to an activating group) is 1. The second-order valence-electron chi connectivity index (χ2n) is 16.0. The van der Waals surface area contributed by atoms with E-state index in [0.29, 0.717) is 12.7 Å². The molecule has 0 saturated carbocycles. The average Bonchev–Trinajstić information content (AvgIpc) is 3.13. The number of ether oxygens (including phenoxy) is 8. The molecule has 16 atom stereocenters. The van der Waals surface area contributed by atoms with E-state index in [0.717, 1.165) is 0 Å². The summed E-state index contributed by atoms with van der Waals surface area (Å²) >= 11 is 0. The van der Waals surface area contributed by atoms with E-state index in [4.69, 9.17) is 37.9 Å². The Kier molecular flexibility index (Phi) is 19.2. The van der Waals surface area contributed by atoms with Gasteiger partial charge in [-0.1, -0.05) is 45.1 Å². The first-order valence-electron chi connectivity index (χ1n) is 20.1. The fraction of sp³-hybridized carbons (Fsp3) is 0.805. The van der Waals surface area contributed by atoms with E-state index in [-0.39, 0.29) is 32.1 Å². The Morgan fingerprint density at radius 1 is 0.965 bits per heavy atom. The molecule has 16 heteroatoms. The highest BCUT2D eigenvalue weighted by Gasteiger charge is 2.53. The van der Waals surface area contributed by atoms with Crippen molar-refractivity contribution < 1.29 is 72.4 Å². The molecule has 3 aliphatic heterocycles. The van der Waals surface area contributed by atoms with Crippen LogP contribution in [0.2, 0.25) is 0 Å². The maximum atomic E-state index is 13.3. The van der Waals surface area contributed by atoms with Crippen LogP contribution in [0.3, 0.4) is 0 Å². The summed E-state index contributed by atoms with van der Waals surface area (Å²) in [7, 11) is 4.86. The molecule has 2 saturated heterocycles. The summed E-state index contributed by atoms with van der Waals surface area (Å²) in [6, 6.07) is -0.779. The lowest BCUT2D eigenvalue weighted by Crippen LogP contribution is -2.66. The summed E-state index contributed by atoms with van der Waals surface area (Å²) < 4.78 is 48.5. The number of esters is 3. The van der Waals surface area contributed by atoms with Gasteiger partial charge in [0.2, 0.25) is 0 Å². The van der Waals surface area contributed by atoms with Gasteiger partial charge in [0, 0.05) is 39.2 Å². The molecule has 2 fully saturated rings. The largest absolute Gasteiger partial charge is 0.462 e. The van der Waals surface area contributed by atoms with Crippen LogP contribution in [0, 0.1) is 11.8 Å². The number of hydrogen-bond donors (Lipinski definition) is 3. The monoisotopic (exact) mass is 813 g/mol. The molecular formula is C41H67NO15. The van der Waals surface area contributed by atoms with Crippen molar-refractivity contribution >= 4 is 24.2 Å².